The molecule has 30 heavy (non-hydrogen) atoms. The number of methoxy groups -OCH3 is 1. The fraction of sp³-hybridized carbons (Fsp3) is 0.833. The highest BCUT2D eigenvalue weighted by molar-refractivity contribution is 14.0. The summed E-state index contributed by atoms with van der Waals surface area (Å²) in [5.41, 5.74) is 0. The van der Waals surface area contributed by atoms with Crippen molar-refractivity contribution in [3.63, 3.8) is 0 Å². The van der Waals surface area contributed by atoms with Gasteiger partial charge in [-0.1, -0.05) is 0 Å². The van der Waals surface area contributed by atoms with Gasteiger partial charge < -0.3 is 19.9 Å². The molecular formula is C18H33F3IN7O. The van der Waals surface area contributed by atoms with Crippen LogP contribution in [0.4, 0.5) is 13.2 Å². The van der Waals surface area contributed by atoms with Crippen molar-refractivity contribution >= 4 is 29.9 Å². The number of aliphatic imine (C=N–C) groups is 1. The molecule has 0 atom stereocenters. The van der Waals surface area contributed by atoms with E-state index in [2.05, 4.69) is 25.8 Å². The van der Waals surface area contributed by atoms with Gasteiger partial charge in [0.05, 0.1) is 13.2 Å². The Morgan fingerprint density at radius 2 is 1.87 bits per heavy atom. The lowest BCUT2D eigenvalue weighted by atomic mass is 9.93. The number of hydrogen-bond acceptors (Lipinski definition) is 5. The van der Waals surface area contributed by atoms with Gasteiger partial charge in [0.25, 0.3) is 0 Å². The summed E-state index contributed by atoms with van der Waals surface area (Å²) >= 11 is 0. The first kappa shape index (κ1) is 26.9. The lowest BCUT2D eigenvalue weighted by Crippen LogP contribution is -2.42. The van der Waals surface area contributed by atoms with E-state index in [1.54, 1.807) is 7.11 Å². The van der Waals surface area contributed by atoms with E-state index in [1.165, 1.54) is 4.90 Å². The van der Waals surface area contributed by atoms with Gasteiger partial charge in [0, 0.05) is 27.2 Å². The van der Waals surface area contributed by atoms with E-state index in [4.69, 9.17) is 4.74 Å². The molecule has 2 heterocycles. The number of guanidine groups is 1. The molecule has 1 saturated heterocycles. The zero-order valence-electron chi connectivity index (χ0n) is 17.8. The zero-order chi connectivity index (χ0) is 21.3. The molecule has 0 aliphatic carbocycles. The van der Waals surface area contributed by atoms with Gasteiger partial charge in [-0.05, 0) is 45.2 Å². The number of alkyl halides is 3. The third-order valence-electron chi connectivity index (χ3n) is 5.12. The number of nitrogens with one attached hydrogen (secondary N) is 2. The second-order valence-corrected chi connectivity index (χ2v) is 7.36. The van der Waals surface area contributed by atoms with Crippen LogP contribution in [0.5, 0.6) is 0 Å². The van der Waals surface area contributed by atoms with Gasteiger partial charge in [0.1, 0.15) is 12.4 Å². The highest BCUT2D eigenvalue weighted by Crippen LogP contribution is 2.23. The molecule has 1 aliphatic heterocycles. The number of aromatic nitrogens is 3. The molecule has 1 aromatic rings. The van der Waals surface area contributed by atoms with Crippen molar-refractivity contribution in [2.24, 2.45) is 18.0 Å². The Labute approximate surface area is 193 Å². The van der Waals surface area contributed by atoms with Crippen molar-refractivity contribution in [3.8, 4) is 0 Å². The highest BCUT2D eigenvalue weighted by atomic mass is 127. The smallest absolute Gasteiger partial charge is 0.383 e. The minimum absolute atomic E-state index is 0. The summed E-state index contributed by atoms with van der Waals surface area (Å²) in [4.78, 5) is 6.05. The third kappa shape index (κ3) is 9.77. The van der Waals surface area contributed by atoms with Crippen LogP contribution in [0.15, 0.2) is 4.99 Å². The quantitative estimate of drug-likeness (QED) is 0.214. The Morgan fingerprint density at radius 3 is 2.43 bits per heavy atom. The summed E-state index contributed by atoms with van der Waals surface area (Å²) in [5, 5.41) is 14.7. The first-order chi connectivity index (χ1) is 13.8. The van der Waals surface area contributed by atoms with E-state index < -0.39 is 12.7 Å². The van der Waals surface area contributed by atoms with Crippen LogP contribution in [0.1, 0.15) is 30.9 Å². The average Bonchev–Trinajstić information content (AvgIpc) is 2.98. The fourth-order valence-electron chi connectivity index (χ4n) is 3.27. The molecular weight excluding hydrogens is 514 g/mol. The molecule has 0 bridgehead atoms. The van der Waals surface area contributed by atoms with E-state index in [9.17, 15) is 13.2 Å². The van der Waals surface area contributed by atoms with E-state index >= 15 is 0 Å². The lowest BCUT2D eigenvalue weighted by Gasteiger charge is -2.32. The summed E-state index contributed by atoms with van der Waals surface area (Å²) in [6.07, 6.45) is -1.64. The van der Waals surface area contributed by atoms with Gasteiger partial charge in [0.2, 0.25) is 0 Å². The first-order valence-electron chi connectivity index (χ1n) is 9.93. The number of hydrogen-bond donors (Lipinski definition) is 2. The van der Waals surface area contributed by atoms with Crippen molar-refractivity contribution < 1.29 is 17.9 Å². The molecule has 1 aliphatic rings. The van der Waals surface area contributed by atoms with E-state index in [-0.39, 0.29) is 24.0 Å². The predicted octanol–water partition coefficient (Wildman–Crippen LogP) is 2.09. The molecule has 0 saturated carbocycles. The molecule has 2 N–H and O–H groups in total. The fourth-order valence-corrected chi connectivity index (χ4v) is 3.27. The van der Waals surface area contributed by atoms with Crippen LogP contribution in [0.25, 0.3) is 0 Å². The van der Waals surface area contributed by atoms with Crippen molar-refractivity contribution in [1.29, 1.82) is 0 Å². The summed E-state index contributed by atoms with van der Waals surface area (Å²) in [7, 11) is 3.54. The molecule has 0 radical (unpaired) electrons. The second-order valence-electron chi connectivity index (χ2n) is 7.36. The molecule has 174 valence electrons. The van der Waals surface area contributed by atoms with Crippen molar-refractivity contribution in [1.82, 2.24) is 30.3 Å². The van der Waals surface area contributed by atoms with Gasteiger partial charge in [-0.3, -0.25) is 4.90 Å². The molecule has 0 spiro atoms. The molecule has 0 amide bonds. The van der Waals surface area contributed by atoms with Crippen LogP contribution < -0.4 is 10.6 Å². The standard InChI is InChI=1S/C18H32F3N7O.HI/c1-14-25-26-16(27(14)2)12-24-17(23-8-11-29-3)22-7-4-15-5-9-28(10-6-15)13-18(19,20)21;/h15H,4-13H2,1-3H3,(H2,22,23,24);1H. The largest absolute Gasteiger partial charge is 0.401 e. The van der Waals surface area contributed by atoms with Gasteiger partial charge in [-0.25, -0.2) is 4.99 Å². The van der Waals surface area contributed by atoms with Gasteiger partial charge in [-0.2, -0.15) is 13.2 Å². The lowest BCUT2D eigenvalue weighted by molar-refractivity contribution is -0.148. The molecule has 1 fully saturated rings. The first-order valence-corrected chi connectivity index (χ1v) is 9.93. The number of aryl methyl sites for hydroxylation is 1. The molecule has 0 aromatic carbocycles. The van der Waals surface area contributed by atoms with E-state index in [1.807, 2.05) is 18.5 Å². The normalized spacial score (nSPS) is 16.4. The van der Waals surface area contributed by atoms with Gasteiger partial charge in [0.15, 0.2) is 11.8 Å². The van der Waals surface area contributed by atoms with Crippen molar-refractivity contribution in [2.75, 3.05) is 46.4 Å². The minimum atomic E-state index is -4.12. The minimum Gasteiger partial charge on any atom is -0.383 e. The molecule has 12 heteroatoms. The number of likely N-dealkylation sites (tertiary alicyclic amines) is 1. The van der Waals surface area contributed by atoms with Gasteiger partial charge in [-0.15, -0.1) is 34.2 Å². The number of halogens is 4. The maximum Gasteiger partial charge on any atom is 0.401 e. The maximum atomic E-state index is 12.5. The molecule has 1 aromatic heterocycles. The number of piperidine rings is 1. The van der Waals surface area contributed by atoms with Gasteiger partial charge >= 0.3 is 6.18 Å². The number of nitrogens with zero attached hydrogens (tertiary/aromatic N) is 5. The summed E-state index contributed by atoms with van der Waals surface area (Å²) in [5.74, 6) is 2.69. The summed E-state index contributed by atoms with van der Waals surface area (Å²) < 4.78 is 44.4. The molecule has 2 rings (SSSR count). The number of rotatable bonds is 9. The Hall–Kier alpha value is -1.15. The van der Waals surface area contributed by atoms with Crippen LogP contribution in [0.2, 0.25) is 0 Å². The Kier molecular flexibility index (Phi) is 11.9. The topological polar surface area (TPSA) is 79.6 Å². The Balaban J connectivity index is 0.00000450. The number of ether oxygens (including phenoxy) is 1. The zero-order valence-corrected chi connectivity index (χ0v) is 20.2. The van der Waals surface area contributed by atoms with Crippen LogP contribution in [-0.4, -0.2) is 78.2 Å². The monoisotopic (exact) mass is 547 g/mol. The van der Waals surface area contributed by atoms with E-state index in [0.717, 1.165) is 30.9 Å². The maximum absolute atomic E-state index is 12.5. The van der Waals surface area contributed by atoms with E-state index in [0.29, 0.717) is 51.2 Å². The van der Waals surface area contributed by atoms with Crippen molar-refractivity contribution in [3.05, 3.63) is 11.6 Å². The molecule has 0 unspecified atom stereocenters. The Bertz CT molecular complexity index is 646. The third-order valence-corrected chi connectivity index (χ3v) is 5.12. The average molecular weight is 547 g/mol. The Morgan fingerprint density at radius 1 is 1.20 bits per heavy atom. The molecule has 8 nitrogen and oxygen atoms in total. The summed E-state index contributed by atoms with van der Waals surface area (Å²) in [6, 6.07) is 0. The summed E-state index contributed by atoms with van der Waals surface area (Å²) in [6.45, 7) is 4.37. The van der Waals surface area contributed by atoms with Crippen LogP contribution in [-0.2, 0) is 18.3 Å². The van der Waals surface area contributed by atoms with Crippen molar-refractivity contribution in [2.45, 2.75) is 38.9 Å². The van der Waals surface area contributed by atoms with Crippen LogP contribution in [0, 0.1) is 12.8 Å². The van der Waals surface area contributed by atoms with Crippen LogP contribution >= 0.6 is 24.0 Å². The highest BCUT2D eigenvalue weighted by Gasteiger charge is 2.32. The van der Waals surface area contributed by atoms with Crippen LogP contribution in [0.3, 0.4) is 0 Å². The SMILES string of the molecule is COCCNC(=NCc1nnc(C)n1C)NCCC1CCN(CC(F)(F)F)CC1.I. The predicted molar refractivity (Wildman–Crippen MR) is 120 cm³/mol. The second kappa shape index (κ2) is 13.3.